The van der Waals surface area contributed by atoms with Crippen LogP contribution in [0.4, 0.5) is 0 Å². The summed E-state index contributed by atoms with van der Waals surface area (Å²) in [6.45, 7) is 2.07. The summed E-state index contributed by atoms with van der Waals surface area (Å²) >= 11 is 3.59. The Kier molecular flexibility index (Phi) is 3.73. The summed E-state index contributed by atoms with van der Waals surface area (Å²) in [4.78, 5) is 17.0. The Balaban J connectivity index is 2.16. The molecular formula is C15H16BrN3O2. The first-order valence-corrected chi connectivity index (χ1v) is 7.58. The fraction of sp³-hybridized carbons (Fsp3) is 0.267. The molecule has 2 heterocycles. The van der Waals surface area contributed by atoms with E-state index in [9.17, 15) is 4.79 Å². The van der Waals surface area contributed by atoms with E-state index in [2.05, 4.69) is 38.1 Å². The van der Waals surface area contributed by atoms with E-state index in [1.165, 1.54) is 0 Å². The van der Waals surface area contributed by atoms with Crippen LogP contribution in [0.25, 0.3) is 11.0 Å². The van der Waals surface area contributed by atoms with E-state index in [0.29, 0.717) is 0 Å². The first-order valence-electron chi connectivity index (χ1n) is 6.79. The molecule has 0 spiro atoms. The summed E-state index contributed by atoms with van der Waals surface area (Å²) in [6.07, 6.45) is 2.55. The van der Waals surface area contributed by atoms with Gasteiger partial charge in [0.15, 0.2) is 0 Å². The number of nitrogens with one attached hydrogen (secondary N) is 3. The number of fused-ring (bicyclic) bond motifs is 1. The Bertz CT molecular complexity index is 831. The molecule has 1 atom stereocenters. The second-order valence-corrected chi connectivity index (χ2v) is 5.73. The molecule has 3 aromatic rings. The molecule has 5 nitrogen and oxygen atoms in total. The second-order valence-electron chi connectivity index (χ2n) is 4.87. The molecule has 3 rings (SSSR count). The van der Waals surface area contributed by atoms with Gasteiger partial charge >= 0.3 is 5.69 Å². The van der Waals surface area contributed by atoms with Crippen LogP contribution in [0.5, 0.6) is 0 Å². The van der Waals surface area contributed by atoms with Gasteiger partial charge in [-0.25, -0.2) is 4.79 Å². The lowest BCUT2D eigenvalue weighted by atomic mass is 9.98. The molecule has 0 amide bonds. The molecule has 1 aromatic carbocycles. The quantitative estimate of drug-likeness (QED) is 0.677. The van der Waals surface area contributed by atoms with Crippen molar-refractivity contribution in [2.24, 2.45) is 0 Å². The van der Waals surface area contributed by atoms with Gasteiger partial charge in [0.25, 0.3) is 0 Å². The third kappa shape index (κ3) is 2.45. The van der Waals surface area contributed by atoms with Crippen molar-refractivity contribution in [2.45, 2.75) is 19.4 Å². The highest BCUT2D eigenvalue weighted by Gasteiger charge is 2.20. The highest BCUT2D eigenvalue weighted by molar-refractivity contribution is 9.10. The molecule has 1 unspecified atom stereocenters. The lowest BCUT2D eigenvalue weighted by Crippen LogP contribution is -2.18. The van der Waals surface area contributed by atoms with Gasteiger partial charge in [-0.2, -0.15) is 0 Å². The largest absolute Gasteiger partial charge is 0.469 e. The lowest BCUT2D eigenvalue weighted by Gasteiger charge is -2.18. The standard InChI is InChI=1S/C15H16BrN3O2/c1-3-13-8(4-5-21-13)14(17-2)9-6-11-12(7-10(9)16)19-15(20)18-11/h4-7,14,17H,3H2,1-2H3,(H2,18,19,20). The van der Waals surface area contributed by atoms with E-state index in [1.54, 1.807) is 6.26 Å². The average Bonchev–Trinajstić information content (AvgIpc) is 3.05. The Morgan fingerprint density at radius 1 is 1.29 bits per heavy atom. The minimum atomic E-state index is -0.201. The second kappa shape index (κ2) is 5.54. The molecule has 21 heavy (non-hydrogen) atoms. The highest BCUT2D eigenvalue weighted by Crippen LogP contribution is 2.33. The number of rotatable bonds is 4. The fourth-order valence-corrected chi connectivity index (χ4v) is 3.24. The van der Waals surface area contributed by atoms with Crippen LogP contribution in [-0.2, 0) is 6.42 Å². The van der Waals surface area contributed by atoms with E-state index in [0.717, 1.165) is 38.8 Å². The SMILES string of the molecule is CCc1occc1C(NC)c1cc2[nH]c(=O)[nH]c2cc1Br. The maximum atomic E-state index is 11.4. The molecule has 0 bridgehead atoms. The summed E-state index contributed by atoms with van der Waals surface area (Å²) in [7, 11) is 1.91. The van der Waals surface area contributed by atoms with Crippen molar-refractivity contribution in [3.05, 3.63) is 56.3 Å². The Morgan fingerprint density at radius 3 is 2.67 bits per heavy atom. The zero-order valence-electron chi connectivity index (χ0n) is 11.8. The van der Waals surface area contributed by atoms with Crippen molar-refractivity contribution in [3.63, 3.8) is 0 Å². The van der Waals surface area contributed by atoms with Gasteiger partial charge in [0.2, 0.25) is 0 Å². The van der Waals surface area contributed by atoms with Crippen LogP contribution in [0.2, 0.25) is 0 Å². The number of benzene rings is 1. The van der Waals surface area contributed by atoms with E-state index < -0.39 is 0 Å². The summed E-state index contributed by atoms with van der Waals surface area (Å²) in [5, 5.41) is 3.32. The van der Waals surface area contributed by atoms with Gasteiger partial charge in [-0.1, -0.05) is 22.9 Å². The molecule has 0 aliphatic rings. The van der Waals surface area contributed by atoms with E-state index in [1.807, 2.05) is 25.2 Å². The predicted molar refractivity (Wildman–Crippen MR) is 85.6 cm³/mol. The van der Waals surface area contributed by atoms with E-state index >= 15 is 0 Å². The van der Waals surface area contributed by atoms with Gasteiger partial charge in [0, 0.05) is 16.5 Å². The van der Waals surface area contributed by atoms with Gasteiger partial charge in [0.1, 0.15) is 5.76 Å². The Hall–Kier alpha value is -1.79. The van der Waals surface area contributed by atoms with Gasteiger partial charge in [-0.15, -0.1) is 0 Å². The molecule has 0 fully saturated rings. The smallest absolute Gasteiger partial charge is 0.323 e. The molecule has 0 aliphatic heterocycles. The first kappa shape index (κ1) is 14.2. The number of aryl methyl sites for hydroxylation is 1. The molecule has 0 aliphatic carbocycles. The average molecular weight is 350 g/mol. The Labute approximate surface area is 129 Å². The zero-order chi connectivity index (χ0) is 15.0. The molecule has 0 saturated carbocycles. The molecule has 110 valence electrons. The van der Waals surface area contributed by atoms with Crippen LogP contribution in [-0.4, -0.2) is 17.0 Å². The van der Waals surface area contributed by atoms with Crippen LogP contribution < -0.4 is 11.0 Å². The number of aromatic nitrogens is 2. The summed E-state index contributed by atoms with van der Waals surface area (Å²) in [5.41, 5.74) is 3.54. The number of imidazole rings is 1. The van der Waals surface area contributed by atoms with Crippen LogP contribution in [0.15, 0.2) is 38.1 Å². The van der Waals surface area contributed by atoms with Gasteiger partial charge in [-0.3, -0.25) is 0 Å². The minimum Gasteiger partial charge on any atom is -0.469 e. The summed E-state index contributed by atoms with van der Waals surface area (Å²) < 4.78 is 6.47. The van der Waals surface area contributed by atoms with Crippen LogP contribution >= 0.6 is 15.9 Å². The fourth-order valence-electron chi connectivity index (χ4n) is 2.67. The van der Waals surface area contributed by atoms with Crippen molar-refractivity contribution < 1.29 is 4.42 Å². The highest BCUT2D eigenvalue weighted by atomic mass is 79.9. The number of hydrogen-bond acceptors (Lipinski definition) is 3. The summed E-state index contributed by atoms with van der Waals surface area (Å²) in [6, 6.07) is 5.87. The number of aromatic amines is 2. The number of furan rings is 1. The maximum absolute atomic E-state index is 11.4. The summed E-state index contributed by atoms with van der Waals surface area (Å²) in [5.74, 6) is 0.962. The van der Waals surface area contributed by atoms with Gasteiger partial charge in [0.05, 0.1) is 23.3 Å². The molecule has 0 radical (unpaired) electrons. The lowest BCUT2D eigenvalue weighted by molar-refractivity contribution is 0.504. The van der Waals surface area contributed by atoms with Crippen molar-refractivity contribution in [1.29, 1.82) is 0 Å². The first-order chi connectivity index (χ1) is 10.1. The number of hydrogen-bond donors (Lipinski definition) is 3. The maximum Gasteiger partial charge on any atom is 0.323 e. The van der Waals surface area contributed by atoms with Crippen molar-refractivity contribution in [3.8, 4) is 0 Å². The van der Waals surface area contributed by atoms with E-state index in [4.69, 9.17) is 4.42 Å². The van der Waals surface area contributed by atoms with Crippen molar-refractivity contribution in [1.82, 2.24) is 15.3 Å². The molecule has 0 saturated heterocycles. The Morgan fingerprint density at radius 2 is 2.00 bits per heavy atom. The molecule has 3 N–H and O–H groups in total. The third-order valence-corrected chi connectivity index (χ3v) is 4.33. The van der Waals surface area contributed by atoms with E-state index in [-0.39, 0.29) is 11.7 Å². The topological polar surface area (TPSA) is 73.8 Å². The van der Waals surface area contributed by atoms with Gasteiger partial charge < -0.3 is 19.7 Å². The zero-order valence-corrected chi connectivity index (χ0v) is 13.4. The van der Waals surface area contributed by atoms with Crippen LogP contribution in [0.3, 0.4) is 0 Å². The van der Waals surface area contributed by atoms with Gasteiger partial charge in [-0.05, 0) is 30.8 Å². The monoisotopic (exact) mass is 349 g/mol. The normalized spacial score (nSPS) is 12.9. The number of H-pyrrole nitrogens is 2. The van der Waals surface area contributed by atoms with Crippen LogP contribution in [0, 0.1) is 0 Å². The van der Waals surface area contributed by atoms with Crippen molar-refractivity contribution >= 4 is 27.0 Å². The number of halogens is 1. The molecule has 2 aromatic heterocycles. The predicted octanol–water partition coefficient (Wildman–Crippen LogP) is 3.08. The van der Waals surface area contributed by atoms with Crippen LogP contribution in [0.1, 0.15) is 29.9 Å². The molecule has 6 heteroatoms. The minimum absolute atomic E-state index is 0.00382. The molecular weight excluding hydrogens is 334 g/mol. The third-order valence-electron chi connectivity index (χ3n) is 3.64. The van der Waals surface area contributed by atoms with Crippen molar-refractivity contribution in [2.75, 3.05) is 7.05 Å².